The van der Waals surface area contributed by atoms with E-state index >= 15 is 0 Å². The molecule has 1 atom stereocenters. The third-order valence-corrected chi connectivity index (χ3v) is 4.89. The van der Waals surface area contributed by atoms with Gasteiger partial charge in [0.25, 0.3) is 0 Å². The van der Waals surface area contributed by atoms with Crippen molar-refractivity contribution in [3.8, 4) is 0 Å². The molecule has 0 saturated carbocycles. The summed E-state index contributed by atoms with van der Waals surface area (Å²) < 4.78 is 5.33. The monoisotopic (exact) mass is 346 g/mol. The number of nitrogens with one attached hydrogen (secondary N) is 2. The van der Waals surface area contributed by atoms with Crippen molar-refractivity contribution in [1.82, 2.24) is 5.32 Å². The molecular formula is C19H26N2O2S. The highest BCUT2D eigenvalue weighted by Crippen LogP contribution is 2.16. The summed E-state index contributed by atoms with van der Waals surface area (Å²) in [7, 11) is 0. The minimum atomic E-state index is -0.0525. The summed E-state index contributed by atoms with van der Waals surface area (Å²) in [5.74, 6) is -0.00205. The van der Waals surface area contributed by atoms with E-state index in [2.05, 4.69) is 28.9 Å². The Hall–Kier alpha value is -1.72. The molecule has 1 saturated heterocycles. The molecule has 1 aliphatic heterocycles. The predicted molar refractivity (Wildman–Crippen MR) is 101 cm³/mol. The van der Waals surface area contributed by atoms with Crippen LogP contribution in [-0.2, 0) is 9.53 Å². The van der Waals surface area contributed by atoms with Crippen molar-refractivity contribution in [2.75, 3.05) is 19.7 Å². The fourth-order valence-electron chi connectivity index (χ4n) is 2.66. The van der Waals surface area contributed by atoms with Crippen molar-refractivity contribution in [3.05, 3.63) is 40.1 Å². The lowest BCUT2D eigenvalue weighted by Gasteiger charge is -2.09. The van der Waals surface area contributed by atoms with Crippen molar-refractivity contribution in [3.63, 3.8) is 0 Å². The molecule has 1 aliphatic rings. The minimum Gasteiger partial charge on any atom is -0.465 e. The first-order chi connectivity index (χ1) is 11.8. The standard InChI is InChI=1S/C19H26N2O2S/c20-11-9-16(7-8-18-6-4-14-24-18)5-2-1-3-13-23-19(22)17-10-12-21-15-17/h4,6-9,11,14,17,20-21H,1-3,5,10,12-13,15H2/b8-7+,16-9+,20-11?. The summed E-state index contributed by atoms with van der Waals surface area (Å²) in [5.41, 5.74) is 1.16. The molecule has 0 amide bonds. The molecule has 0 aliphatic carbocycles. The van der Waals surface area contributed by atoms with E-state index in [4.69, 9.17) is 10.1 Å². The van der Waals surface area contributed by atoms with E-state index in [-0.39, 0.29) is 11.9 Å². The van der Waals surface area contributed by atoms with Gasteiger partial charge < -0.3 is 15.5 Å². The van der Waals surface area contributed by atoms with Gasteiger partial charge in [-0.05, 0) is 67.8 Å². The maximum absolute atomic E-state index is 11.8. The quantitative estimate of drug-likeness (QED) is 0.291. The Morgan fingerprint density at radius 3 is 3.04 bits per heavy atom. The summed E-state index contributed by atoms with van der Waals surface area (Å²) >= 11 is 1.71. The summed E-state index contributed by atoms with van der Waals surface area (Å²) in [6, 6.07) is 4.12. The van der Waals surface area contributed by atoms with Gasteiger partial charge in [-0.3, -0.25) is 4.79 Å². The second-order valence-electron chi connectivity index (χ2n) is 5.92. The lowest BCUT2D eigenvalue weighted by molar-refractivity contribution is -0.147. The Labute approximate surface area is 148 Å². The molecule has 5 heteroatoms. The number of unbranched alkanes of at least 4 members (excludes halogenated alkanes) is 2. The van der Waals surface area contributed by atoms with E-state index < -0.39 is 0 Å². The summed E-state index contributed by atoms with van der Waals surface area (Å²) in [6.45, 7) is 2.19. The van der Waals surface area contributed by atoms with E-state index in [1.165, 1.54) is 11.1 Å². The van der Waals surface area contributed by atoms with Gasteiger partial charge in [0, 0.05) is 17.6 Å². The van der Waals surface area contributed by atoms with Crippen LogP contribution in [0.1, 0.15) is 37.0 Å². The van der Waals surface area contributed by atoms with Gasteiger partial charge in [0.05, 0.1) is 12.5 Å². The second-order valence-corrected chi connectivity index (χ2v) is 6.90. The number of hydrogen-bond donors (Lipinski definition) is 2. The van der Waals surface area contributed by atoms with Crippen molar-refractivity contribution in [2.45, 2.75) is 32.1 Å². The molecule has 130 valence electrons. The number of rotatable bonds is 10. The number of carbonyl (C=O) groups excluding carboxylic acids is 1. The highest BCUT2D eigenvalue weighted by molar-refractivity contribution is 7.10. The molecule has 2 rings (SSSR count). The fourth-order valence-corrected chi connectivity index (χ4v) is 3.28. The molecule has 1 fully saturated rings. The number of esters is 1. The van der Waals surface area contributed by atoms with E-state index in [1.807, 2.05) is 12.1 Å². The third-order valence-electron chi connectivity index (χ3n) is 4.05. The average molecular weight is 346 g/mol. The zero-order valence-corrected chi connectivity index (χ0v) is 14.8. The second kappa shape index (κ2) is 10.9. The number of ether oxygens (including phenoxy) is 1. The first-order valence-corrected chi connectivity index (χ1v) is 9.46. The van der Waals surface area contributed by atoms with Crippen LogP contribution in [0.4, 0.5) is 0 Å². The molecule has 1 aromatic heterocycles. The number of carbonyl (C=O) groups is 1. The van der Waals surface area contributed by atoms with Crippen LogP contribution < -0.4 is 5.32 Å². The van der Waals surface area contributed by atoms with Gasteiger partial charge in [0.1, 0.15) is 0 Å². The van der Waals surface area contributed by atoms with Crippen LogP contribution in [0.25, 0.3) is 6.08 Å². The van der Waals surface area contributed by atoms with Crippen LogP contribution in [0, 0.1) is 11.3 Å². The van der Waals surface area contributed by atoms with Gasteiger partial charge in [-0.2, -0.15) is 0 Å². The van der Waals surface area contributed by atoms with Gasteiger partial charge in [-0.15, -0.1) is 11.3 Å². The number of thiophene rings is 1. The first-order valence-electron chi connectivity index (χ1n) is 8.58. The zero-order valence-electron chi connectivity index (χ0n) is 14.0. The van der Waals surface area contributed by atoms with Gasteiger partial charge in [0.15, 0.2) is 0 Å². The average Bonchev–Trinajstić information content (AvgIpc) is 3.29. The maximum Gasteiger partial charge on any atom is 0.310 e. The molecule has 2 N–H and O–H groups in total. The van der Waals surface area contributed by atoms with E-state index in [1.54, 1.807) is 11.3 Å². The molecular weight excluding hydrogens is 320 g/mol. The Morgan fingerprint density at radius 1 is 1.42 bits per heavy atom. The SMILES string of the molecule is N=C/C=C(/C=C/c1cccs1)CCCCCOC(=O)C1CCNC1. The van der Waals surface area contributed by atoms with E-state index in [0.717, 1.165) is 50.8 Å². The molecule has 1 aromatic rings. The molecule has 4 nitrogen and oxygen atoms in total. The van der Waals surface area contributed by atoms with Crippen LogP contribution >= 0.6 is 11.3 Å². The summed E-state index contributed by atoms with van der Waals surface area (Å²) in [5, 5.41) is 12.5. The molecule has 2 heterocycles. The molecule has 24 heavy (non-hydrogen) atoms. The van der Waals surface area contributed by atoms with Crippen LogP contribution in [0.15, 0.2) is 35.2 Å². The highest BCUT2D eigenvalue weighted by atomic mass is 32.1. The van der Waals surface area contributed by atoms with Crippen LogP contribution in [-0.4, -0.2) is 31.9 Å². The number of hydrogen-bond acceptors (Lipinski definition) is 5. The smallest absolute Gasteiger partial charge is 0.310 e. The van der Waals surface area contributed by atoms with Crippen molar-refractivity contribution < 1.29 is 9.53 Å². The van der Waals surface area contributed by atoms with Crippen molar-refractivity contribution in [2.24, 2.45) is 5.92 Å². The van der Waals surface area contributed by atoms with Gasteiger partial charge in [-0.1, -0.05) is 12.1 Å². The molecule has 1 unspecified atom stereocenters. The first kappa shape index (κ1) is 18.6. The highest BCUT2D eigenvalue weighted by Gasteiger charge is 2.23. The fraction of sp³-hybridized carbons (Fsp3) is 0.474. The largest absolute Gasteiger partial charge is 0.465 e. The van der Waals surface area contributed by atoms with Crippen LogP contribution in [0.2, 0.25) is 0 Å². The summed E-state index contributed by atoms with van der Waals surface area (Å²) in [4.78, 5) is 13.0. The number of allylic oxidation sites excluding steroid dienone is 3. The molecule has 0 spiro atoms. The topological polar surface area (TPSA) is 62.2 Å². The predicted octanol–water partition coefficient (Wildman–Crippen LogP) is 4.05. The molecule has 0 aromatic carbocycles. The zero-order chi connectivity index (χ0) is 17.0. The van der Waals surface area contributed by atoms with Crippen molar-refractivity contribution >= 4 is 29.6 Å². The van der Waals surface area contributed by atoms with Crippen LogP contribution in [0.3, 0.4) is 0 Å². The Balaban J connectivity index is 1.60. The maximum atomic E-state index is 11.8. The van der Waals surface area contributed by atoms with Gasteiger partial charge in [-0.25, -0.2) is 0 Å². The van der Waals surface area contributed by atoms with E-state index in [9.17, 15) is 4.79 Å². The lowest BCUT2D eigenvalue weighted by Crippen LogP contribution is -2.20. The Morgan fingerprint density at radius 2 is 2.33 bits per heavy atom. The van der Waals surface area contributed by atoms with Gasteiger partial charge in [0.2, 0.25) is 0 Å². The van der Waals surface area contributed by atoms with Crippen molar-refractivity contribution in [1.29, 1.82) is 5.41 Å². The summed E-state index contributed by atoms with van der Waals surface area (Å²) in [6.07, 6.45) is 12.2. The molecule has 0 bridgehead atoms. The lowest BCUT2D eigenvalue weighted by atomic mass is 10.1. The molecule has 0 radical (unpaired) electrons. The van der Waals surface area contributed by atoms with Crippen LogP contribution in [0.5, 0.6) is 0 Å². The Bertz CT molecular complexity index is 558. The van der Waals surface area contributed by atoms with Gasteiger partial charge >= 0.3 is 5.97 Å². The minimum absolute atomic E-state index is 0.0505. The van der Waals surface area contributed by atoms with E-state index in [0.29, 0.717) is 6.61 Å². The normalized spacial score (nSPS) is 18.2. The third kappa shape index (κ3) is 6.81. The Kier molecular flexibility index (Phi) is 8.49.